The molecule has 49 heavy (non-hydrogen) atoms. The van der Waals surface area contributed by atoms with Crippen molar-refractivity contribution in [3.05, 3.63) is 89.1 Å². The Kier molecular flexibility index (Phi) is 12.0. The Balaban J connectivity index is 0.000000260. The van der Waals surface area contributed by atoms with Crippen molar-refractivity contribution in [2.24, 2.45) is 10.8 Å². The maximum Gasteiger partial charge on any atom is 0.164 e. The van der Waals surface area contributed by atoms with E-state index in [2.05, 4.69) is 87.7 Å². The number of hydrogen-bond donors (Lipinski definition) is 1. The number of aryl methyl sites for hydroxylation is 1. The summed E-state index contributed by atoms with van der Waals surface area (Å²) in [6, 6.07) is 21.3. The van der Waals surface area contributed by atoms with Crippen molar-refractivity contribution in [2.75, 3.05) is 0 Å². The number of carbonyl (C=O) groups excluding carboxylic acids is 1. The van der Waals surface area contributed by atoms with E-state index in [1.165, 1.54) is 52.8 Å². The minimum Gasteiger partial charge on any atom is -0.512 e. The first-order chi connectivity index (χ1) is 22.7. The minimum absolute atomic E-state index is 0. The van der Waals surface area contributed by atoms with E-state index in [4.69, 9.17) is 4.98 Å². The number of aromatic nitrogens is 1. The van der Waals surface area contributed by atoms with Crippen LogP contribution in [0.2, 0.25) is 0 Å². The molecule has 0 fully saturated rings. The second-order valence-electron chi connectivity index (χ2n) is 14.7. The molecule has 0 amide bonds. The van der Waals surface area contributed by atoms with Crippen molar-refractivity contribution in [3.8, 4) is 11.3 Å². The third-order valence-electron chi connectivity index (χ3n) is 10.7. The summed E-state index contributed by atoms with van der Waals surface area (Å²) in [4.78, 5) is 17.1. The Morgan fingerprint density at radius 2 is 1.49 bits per heavy atom. The summed E-state index contributed by atoms with van der Waals surface area (Å²) in [6.07, 6.45) is 6.71. The molecule has 0 aliphatic heterocycles. The van der Waals surface area contributed by atoms with Crippen molar-refractivity contribution >= 4 is 69.5 Å². The van der Waals surface area contributed by atoms with Crippen molar-refractivity contribution in [1.82, 2.24) is 4.98 Å². The maximum absolute atomic E-state index is 12.2. The largest absolute Gasteiger partial charge is 0.512 e. The van der Waals surface area contributed by atoms with Crippen LogP contribution in [-0.2, 0) is 30.3 Å². The van der Waals surface area contributed by atoms with Crippen LogP contribution in [0.1, 0.15) is 99.1 Å². The van der Waals surface area contributed by atoms with Crippen LogP contribution >= 0.6 is 22.7 Å². The SMILES string of the molecule is CCC(C)(CC)C(=O)/C=C(\O)C(C)(CC)CC.Cc1csc2ccc3c4ccnc(-c5[c-]c6ccccc6c(C(C)(C)C)c5)c4sc3c12.[Ir]. The van der Waals surface area contributed by atoms with Crippen LogP contribution < -0.4 is 0 Å². The molecule has 0 aliphatic rings. The minimum atomic E-state index is -0.337. The van der Waals surface area contributed by atoms with Gasteiger partial charge in [0.25, 0.3) is 0 Å². The van der Waals surface area contributed by atoms with Gasteiger partial charge in [0.2, 0.25) is 0 Å². The van der Waals surface area contributed by atoms with E-state index in [1.807, 2.05) is 70.4 Å². The first kappa shape index (κ1) is 38.9. The number of aliphatic hydroxyl groups excluding tert-OH is 1. The standard InChI is InChI=1S/C28H22NS2.C15H28O2.Ir/c1-16-15-30-23-10-9-20-21-11-12-29-25(27(21)31-26(20)24(16)23)18-13-17-7-5-6-8-19(17)22(14-18)28(2,3)4;1-7-14(5,8-2)12(16)11-13(17)15(6,9-3)10-4;/h5-12,14-15H,1-4H3;11,16H,7-10H2,1-6H3;/q-1;;/b;12-11-;. The van der Waals surface area contributed by atoms with Gasteiger partial charge in [0.15, 0.2) is 5.78 Å². The van der Waals surface area contributed by atoms with E-state index in [-0.39, 0.29) is 47.9 Å². The Morgan fingerprint density at radius 3 is 2.12 bits per heavy atom. The topological polar surface area (TPSA) is 50.2 Å². The van der Waals surface area contributed by atoms with Crippen LogP contribution in [0, 0.1) is 23.8 Å². The van der Waals surface area contributed by atoms with Gasteiger partial charge in [0.1, 0.15) is 5.76 Å². The number of allylic oxidation sites excluding steroid dienone is 2. The van der Waals surface area contributed by atoms with Gasteiger partial charge in [-0.25, -0.2) is 0 Å². The van der Waals surface area contributed by atoms with Gasteiger partial charge < -0.3 is 5.11 Å². The molecule has 0 unspecified atom stereocenters. The first-order valence-corrected chi connectivity index (χ1v) is 19.0. The van der Waals surface area contributed by atoms with Gasteiger partial charge in [-0.2, -0.15) is 0 Å². The average molecular weight is 869 g/mol. The molecule has 6 heteroatoms. The van der Waals surface area contributed by atoms with Crippen molar-refractivity contribution in [1.29, 1.82) is 0 Å². The average Bonchev–Trinajstić information content (AvgIpc) is 3.66. The normalized spacial score (nSPS) is 12.7. The zero-order valence-electron chi connectivity index (χ0n) is 30.6. The van der Waals surface area contributed by atoms with Crippen LogP contribution in [0.25, 0.3) is 52.3 Å². The van der Waals surface area contributed by atoms with E-state index in [9.17, 15) is 9.90 Å². The predicted molar refractivity (Wildman–Crippen MR) is 211 cm³/mol. The predicted octanol–water partition coefficient (Wildman–Crippen LogP) is 13.5. The third-order valence-corrected chi connectivity index (χ3v) is 13.0. The van der Waals surface area contributed by atoms with Crippen LogP contribution in [0.4, 0.5) is 0 Å². The number of pyridine rings is 1. The van der Waals surface area contributed by atoms with Gasteiger partial charge in [0.05, 0.1) is 0 Å². The van der Waals surface area contributed by atoms with Crippen LogP contribution in [-0.4, -0.2) is 15.9 Å². The molecule has 0 saturated carbocycles. The fourth-order valence-electron chi connectivity index (χ4n) is 6.28. The van der Waals surface area contributed by atoms with Gasteiger partial charge >= 0.3 is 0 Å². The van der Waals surface area contributed by atoms with Crippen LogP contribution in [0.3, 0.4) is 0 Å². The second-order valence-corrected chi connectivity index (χ2v) is 16.6. The number of hydrogen-bond acceptors (Lipinski definition) is 5. The summed E-state index contributed by atoms with van der Waals surface area (Å²) < 4.78 is 3.98. The smallest absolute Gasteiger partial charge is 0.164 e. The molecule has 1 radical (unpaired) electrons. The number of thiophene rings is 2. The Bertz CT molecular complexity index is 2140. The molecule has 3 heterocycles. The molecular formula is C43H50IrNO2S2-. The molecule has 6 aromatic rings. The van der Waals surface area contributed by atoms with Crippen molar-refractivity contribution in [3.63, 3.8) is 0 Å². The molecule has 3 aromatic heterocycles. The molecule has 3 aromatic carbocycles. The summed E-state index contributed by atoms with van der Waals surface area (Å²) in [6.45, 7) is 21.1. The zero-order chi connectivity index (χ0) is 35.0. The van der Waals surface area contributed by atoms with Gasteiger partial charge in [-0.1, -0.05) is 97.5 Å². The fourth-order valence-corrected chi connectivity index (χ4v) is 8.71. The van der Waals surface area contributed by atoms with Gasteiger partial charge in [-0.3, -0.25) is 9.78 Å². The number of nitrogens with zero attached hydrogens (tertiary/aromatic N) is 1. The second kappa shape index (κ2) is 15.2. The molecule has 261 valence electrons. The molecule has 0 aliphatic carbocycles. The number of carbonyl (C=O) groups is 1. The Morgan fingerprint density at radius 1 is 0.857 bits per heavy atom. The first-order valence-electron chi connectivity index (χ1n) is 17.3. The van der Waals surface area contributed by atoms with E-state index >= 15 is 0 Å². The number of rotatable bonds is 8. The van der Waals surface area contributed by atoms with E-state index in [0.717, 1.165) is 42.3 Å². The molecular weight excluding hydrogens is 819 g/mol. The van der Waals surface area contributed by atoms with E-state index in [0.29, 0.717) is 0 Å². The number of benzene rings is 3. The van der Waals surface area contributed by atoms with Crippen molar-refractivity contribution in [2.45, 2.75) is 100 Å². The summed E-state index contributed by atoms with van der Waals surface area (Å²) in [7, 11) is 0. The zero-order valence-corrected chi connectivity index (χ0v) is 34.7. The monoisotopic (exact) mass is 869 g/mol. The summed E-state index contributed by atoms with van der Waals surface area (Å²) >= 11 is 3.70. The summed E-state index contributed by atoms with van der Waals surface area (Å²) in [5.41, 5.74) is 4.26. The molecule has 3 nitrogen and oxygen atoms in total. The Hall–Kier alpha value is -2.89. The Labute approximate surface area is 314 Å². The van der Waals surface area contributed by atoms with Gasteiger partial charge in [-0.15, -0.1) is 51.8 Å². The summed E-state index contributed by atoms with van der Waals surface area (Å²) in [5.74, 6) is 0.286. The molecule has 0 spiro atoms. The quantitative estimate of drug-likeness (QED) is 0.0942. The van der Waals surface area contributed by atoms with E-state index < -0.39 is 0 Å². The maximum atomic E-state index is 12.2. The number of aliphatic hydroxyl groups is 1. The molecule has 6 rings (SSSR count). The van der Waals surface area contributed by atoms with Crippen LogP contribution in [0.15, 0.2) is 71.9 Å². The molecule has 0 saturated heterocycles. The molecule has 0 bridgehead atoms. The molecule has 1 N–H and O–H groups in total. The van der Waals surface area contributed by atoms with Crippen molar-refractivity contribution < 1.29 is 30.0 Å². The van der Waals surface area contributed by atoms with Crippen LogP contribution in [0.5, 0.6) is 0 Å². The van der Waals surface area contributed by atoms with E-state index in [1.54, 1.807) is 0 Å². The van der Waals surface area contributed by atoms with Gasteiger partial charge in [0, 0.05) is 73.8 Å². The summed E-state index contributed by atoms with van der Waals surface area (Å²) in [5, 5.41) is 18.8. The third kappa shape index (κ3) is 7.45. The molecule has 0 atom stereocenters. The van der Waals surface area contributed by atoms with Gasteiger partial charge in [-0.05, 0) is 66.5 Å². The number of fused-ring (bicyclic) bond motifs is 6. The fraction of sp³-hybridized carbons (Fsp3) is 0.395. The number of ketones is 1.